The fraction of sp³-hybridized carbons (Fsp3) is 0.529. The van der Waals surface area contributed by atoms with Gasteiger partial charge in [0.2, 0.25) is 0 Å². The molecule has 0 radical (unpaired) electrons. The van der Waals surface area contributed by atoms with E-state index in [0.717, 1.165) is 0 Å². The molecular formula is C17H24N2O5. The van der Waals surface area contributed by atoms with Crippen LogP contribution in [0.3, 0.4) is 0 Å². The molecule has 1 heterocycles. The van der Waals surface area contributed by atoms with Gasteiger partial charge in [0.15, 0.2) is 17.1 Å². The fourth-order valence-corrected chi connectivity index (χ4v) is 2.23. The van der Waals surface area contributed by atoms with E-state index in [-0.39, 0.29) is 25.5 Å². The Morgan fingerprint density at radius 3 is 2.46 bits per heavy atom. The Hall–Kier alpha value is -2.28. The maximum absolute atomic E-state index is 11.7. The van der Waals surface area contributed by atoms with E-state index in [1.54, 1.807) is 32.0 Å². The summed E-state index contributed by atoms with van der Waals surface area (Å²) in [5.41, 5.74) is 4.51. The van der Waals surface area contributed by atoms with Crippen molar-refractivity contribution in [3.05, 3.63) is 18.2 Å². The van der Waals surface area contributed by atoms with Crippen LogP contribution in [0.15, 0.2) is 18.2 Å². The summed E-state index contributed by atoms with van der Waals surface area (Å²) in [7, 11) is 0. The Kier molecular flexibility index (Phi) is 5.03. The Morgan fingerprint density at radius 1 is 1.25 bits per heavy atom. The number of nitrogens with two attached hydrogens (primary N) is 1. The lowest BCUT2D eigenvalue weighted by Crippen LogP contribution is -2.58. The Balaban J connectivity index is 2.20. The van der Waals surface area contributed by atoms with Gasteiger partial charge in [-0.1, -0.05) is 0 Å². The van der Waals surface area contributed by atoms with E-state index in [0.29, 0.717) is 17.2 Å². The highest BCUT2D eigenvalue weighted by molar-refractivity contribution is 5.85. The number of esters is 1. The summed E-state index contributed by atoms with van der Waals surface area (Å²) in [4.78, 5) is 23.3. The molecule has 1 aliphatic rings. The third kappa shape index (κ3) is 4.17. The first-order valence-electron chi connectivity index (χ1n) is 7.74. The molecule has 2 rings (SSSR count). The van der Waals surface area contributed by atoms with Crippen molar-refractivity contribution in [2.24, 2.45) is 0 Å². The molecule has 1 aromatic rings. The van der Waals surface area contributed by atoms with Crippen LogP contribution in [0.2, 0.25) is 0 Å². The van der Waals surface area contributed by atoms with Crippen LogP contribution in [0.4, 0.5) is 5.69 Å². The first-order chi connectivity index (χ1) is 11.1. The predicted octanol–water partition coefficient (Wildman–Crippen LogP) is 1.30. The molecule has 132 valence electrons. The molecule has 0 saturated carbocycles. The number of ether oxygens (including phenoxy) is 3. The molecule has 1 atom stereocenters. The Morgan fingerprint density at radius 2 is 1.88 bits per heavy atom. The summed E-state index contributed by atoms with van der Waals surface area (Å²) in [6, 6.07) is 5.08. The fourth-order valence-electron chi connectivity index (χ4n) is 2.23. The minimum Gasteiger partial charge on any atom is -0.485 e. The van der Waals surface area contributed by atoms with Gasteiger partial charge in [-0.15, -0.1) is 0 Å². The number of ketones is 1. The van der Waals surface area contributed by atoms with Gasteiger partial charge >= 0.3 is 5.97 Å². The van der Waals surface area contributed by atoms with Gasteiger partial charge in [-0.05, 0) is 32.9 Å². The van der Waals surface area contributed by atoms with Crippen LogP contribution < -0.4 is 20.5 Å². The number of carbonyl (C=O) groups excluding carboxylic acids is 2. The number of carbonyl (C=O) groups is 2. The van der Waals surface area contributed by atoms with Gasteiger partial charge in [0, 0.05) is 25.2 Å². The molecule has 1 aliphatic heterocycles. The van der Waals surface area contributed by atoms with Crippen molar-refractivity contribution in [3.8, 4) is 11.5 Å². The topological polar surface area (TPSA) is 99.9 Å². The zero-order chi connectivity index (χ0) is 18.0. The summed E-state index contributed by atoms with van der Waals surface area (Å²) >= 11 is 0. The molecule has 0 saturated heterocycles. The minimum absolute atomic E-state index is 0.0213. The van der Waals surface area contributed by atoms with Crippen molar-refractivity contribution >= 4 is 17.4 Å². The second-order valence-electron chi connectivity index (χ2n) is 6.59. The summed E-state index contributed by atoms with van der Waals surface area (Å²) in [5.74, 6) is 0.556. The normalized spacial score (nSPS) is 20.2. The van der Waals surface area contributed by atoms with Crippen LogP contribution in [0.5, 0.6) is 11.5 Å². The Bertz CT molecular complexity index is 644. The molecular weight excluding hydrogens is 312 g/mol. The van der Waals surface area contributed by atoms with E-state index in [1.807, 2.05) is 0 Å². The standard InChI is InChI=1S/C17H24N2O5/c1-11(20)16(3,4)19-8-17(24-12(2)21)9-22-14-6-5-13(18)7-15(14)23-10-17/h5-7,19H,8-10,18H2,1-4H3. The number of Topliss-reactive ketones (excluding diaryl/α,β-unsaturated/α-hetero) is 1. The molecule has 7 heteroatoms. The number of hydrogen-bond acceptors (Lipinski definition) is 7. The zero-order valence-electron chi connectivity index (χ0n) is 14.5. The average Bonchev–Trinajstić information content (AvgIpc) is 2.65. The molecule has 1 aromatic carbocycles. The van der Waals surface area contributed by atoms with Gasteiger partial charge in [-0.3, -0.25) is 9.59 Å². The molecule has 0 bridgehead atoms. The highest BCUT2D eigenvalue weighted by Crippen LogP contribution is 2.34. The van der Waals surface area contributed by atoms with Gasteiger partial charge in [0.25, 0.3) is 0 Å². The molecule has 24 heavy (non-hydrogen) atoms. The van der Waals surface area contributed by atoms with Gasteiger partial charge in [-0.25, -0.2) is 0 Å². The van der Waals surface area contributed by atoms with Crippen LogP contribution >= 0.6 is 0 Å². The lowest BCUT2D eigenvalue weighted by atomic mass is 9.98. The van der Waals surface area contributed by atoms with Crippen LogP contribution in [-0.4, -0.2) is 42.7 Å². The van der Waals surface area contributed by atoms with Crippen LogP contribution in [0, 0.1) is 0 Å². The maximum atomic E-state index is 11.7. The monoisotopic (exact) mass is 336 g/mol. The molecule has 0 amide bonds. The van der Waals surface area contributed by atoms with Crippen molar-refractivity contribution in [3.63, 3.8) is 0 Å². The number of hydrogen-bond donors (Lipinski definition) is 2. The lowest BCUT2D eigenvalue weighted by molar-refractivity contribution is -0.163. The molecule has 0 fully saturated rings. The van der Waals surface area contributed by atoms with E-state index >= 15 is 0 Å². The quantitative estimate of drug-likeness (QED) is 0.617. The van der Waals surface area contributed by atoms with E-state index in [1.165, 1.54) is 13.8 Å². The van der Waals surface area contributed by atoms with Crippen LogP contribution in [0.25, 0.3) is 0 Å². The average molecular weight is 336 g/mol. The maximum Gasteiger partial charge on any atom is 0.303 e. The van der Waals surface area contributed by atoms with E-state index in [2.05, 4.69) is 5.32 Å². The first-order valence-corrected chi connectivity index (χ1v) is 7.74. The van der Waals surface area contributed by atoms with Gasteiger partial charge in [-0.2, -0.15) is 0 Å². The predicted molar refractivity (Wildman–Crippen MR) is 89.1 cm³/mol. The van der Waals surface area contributed by atoms with Crippen molar-refractivity contribution < 1.29 is 23.8 Å². The first kappa shape index (κ1) is 18.1. The highest BCUT2D eigenvalue weighted by Gasteiger charge is 2.40. The Labute approximate surface area is 141 Å². The minimum atomic E-state index is -1.05. The second kappa shape index (κ2) is 6.68. The van der Waals surface area contributed by atoms with Crippen molar-refractivity contribution in [1.29, 1.82) is 0 Å². The molecule has 0 aliphatic carbocycles. The van der Waals surface area contributed by atoms with Crippen molar-refractivity contribution in [2.75, 3.05) is 25.5 Å². The lowest BCUT2D eigenvalue weighted by Gasteiger charge is -2.34. The van der Waals surface area contributed by atoms with E-state index < -0.39 is 17.1 Å². The zero-order valence-corrected chi connectivity index (χ0v) is 14.5. The van der Waals surface area contributed by atoms with E-state index in [9.17, 15) is 9.59 Å². The number of nitrogen functional groups attached to an aromatic ring is 1. The third-order valence-electron chi connectivity index (χ3n) is 4.04. The molecule has 1 unspecified atom stereocenters. The number of fused-ring (bicyclic) bond motifs is 1. The van der Waals surface area contributed by atoms with Crippen molar-refractivity contribution in [2.45, 2.75) is 38.8 Å². The number of rotatable bonds is 5. The largest absolute Gasteiger partial charge is 0.485 e. The van der Waals surface area contributed by atoms with Gasteiger partial charge < -0.3 is 25.3 Å². The van der Waals surface area contributed by atoms with Crippen LogP contribution in [-0.2, 0) is 14.3 Å². The van der Waals surface area contributed by atoms with Crippen molar-refractivity contribution in [1.82, 2.24) is 5.32 Å². The number of benzene rings is 1. The third-order valence-corrected chi connectivity index (χ3v) is 4.04. The summed E-state index contributed by atoms with van der Waals surface area (Å²) in [6.45, 7) is 6.77. The molecule has 7 nitrogen and oxygen atoms in total. The van der Waals surface area contributed by atoms with E-state index in [4.69, 9.17) is 19.9 Å². The molecule has 3 N–H and O–H groups in total. The molecule has 0 aromatic heterocycles. The molecule has 0 spiro atoms. The second-order valence-corrected chi connectivity index (χ2v) is 6.59. The summed E-state index contributed by atoms with van der Waals surface area (Å²) < 4.78 is 17.0. The highest BCUT2D eigenvalue weighted by atomic mass is 16.6. The number of nitrogens with one attached hydrogen (secondary N) is 1. The van der Waals surface area contributed by atoms with Gasteiger partial charge in [0.05, 0.1) is 5.54 Å². The number of anilines is 1. The smallest absolute Gasteiger partial charge is 0.303 e. The van der Waals surface area contributed by atoms with Gasteiger partial charge in [0.1, 0.15) is 19.0 Å². The summed E-state index contributed by atoms with van der Waals surface area (Å²) in [5, 5.41) is 3.13. The van der Waals surface area contributed by atoms with Crippen LogP contribution in [0.1, 0.15) is 27.7 Å². The summed E-state index contributed by atoms with van der Waals surface area (Å²) in [6.07, 6.45) is 0. The SMILES string of the molecule is CC(=O)OC1(CNC(C)(C)C(C)=O)COc2ccc(N)cc2OC1.